The van der Waals surface area contributed by atoms with Crippen LogP contribution in [-0.4, -0.2) is 28.9 Å². The molecular weight excluding hydrogens is 284 g/mol. The normalized spacial score (nSPS) is 12.2. The van der Waals surface area contributed by atoms with Crippen LogP contribution in [-0.2, 0) is 11.3 Å². The fourth-order valence-corrected chi connectivity index (χ4v) is 2.00. The monoisotopic (exact) mass is 294 g/mol. The predicted molar refractivity (Wildman–Crippen MR) is 64.0 cm³/mol. The molecule has 0 atom stereocenters. The van der Waals surface area contributed by atoms with E-state index in [-0.39, 0.29) is 13.2 Å². The van der Waals surface area contributed by atoms with Gasteiger partial charge in [0, 0.05) is 6.54 Å². The maximum Gasteiger partial charge on any atom is 0.411 e. The number of imidazole rings is 1. The van der Waals surface area contributed by atoms with E-state index >= 15 is 0 Å². The second kappa shape index (κ2) is 5.30. The third-order valence-corrected chi connectivity index (χ3v) is 2.78. The zero-order chi connectivity index (χ0) is 14.0. The van der Waals surface area contributed by atoms with E-state index < -0.39 is 18.6 Å². The highest BCUT2D eigenvalue weighted by molar-refractivity contribution is 7.71. The van der Waals surface area contributed by atoms with Crippen molar-refractivity contribution in [3.05, 3.63) is 28.8 Å². The summed E-state index contributed by atoms with van der Waals surface area (Å²) in [5.41, 5.74) is 1.13. The molecule has 2 rings (SSSR count). The molecule has 0 bridgehead atoms. The van der Waals surface area contributed by atoms with Crippen molar-refractivity contribution in [1.29, 1.82) is 0 Å². The van der Waals surface area contributed by atoms with Crippen LogP contribution in [0.5, 0.6) is 0 Å². The molecule has 2 aromatic rings. The van der Waals surface area contributed by atoms with E-state index in [2.05, 4.69) is 9.72 Å². The van der Waals surface area contributed by atoms with E-state index in [9.17, 15) is 17.6 Å². The van der Waals surface area contributed by atoms with Crippen molar-refractivity contribution >= 4 is 23.3 Å². The van der Waals surface area contributed by atoms with Gasteiger partial charge in [0.15, 0.2) is 4.77 Å². The number of halogens is 4. The molecule has 1 N–H and O–H groups in total. The molecule has 1 aromatic heterocycles. The molecule has 104 valence electrons. The van der Waals surface area contributed by atoms with Crippen molar-refractivity contribution in [3.8, 4) is 0 Å². The Labute approximate surface area is 110 Å². The molecule has 3 nitrogen and oxygen atoms in total. The molecule has 0 saturated carbocycles. The predicted octanol–water partition coefficient (Wildman–Crippen LogP) is 3.42. The van der Waals surface area contributed by atoms with Crippen molar-refractivity contribution in [2.75, 3.05) is 13.2 Å². The first-order valence-corrected chi connectivity index (χ1v) is 5.80. The number of aromatic amines is 1. The van der Waals surface area contributed by atoms with Gasteiger partial charge in [-0.2, -0.15) is 13.2 Å². The first-order chi connectivity index (χ1) is 8.87. The van der Waals surface area contributed by atoms with E-state index in [1.54, 1.807) is 4.57 Å². The zero-order valence-corrected chi connectivity index (χ0v) is 10.4. The first-order valence-electron chi connectivity index (χ1n) is 5.39. The Hall–Kier alpha value is -1.41. The average molecular weight is 294 g/mol. The zero-order valence-electron chi connectivity index (χ0n) is 9.63. The van der Waals surface area contributed by atoms with Gasteiger partial charge in [0.05, 0.1) is 17.6 Å². The minimum Gasteiger partial charge on any atom is -0.370 e. The molecule has 0 aliphatic carbocycles. The summed E-state index contributed by atoms with van der Waals surface area (Å²) in [7, 11) is 0. The molecule has 1 aromatic carbocycles. The average Bonchev–Trinajstić information content (AvgIpc) is 2.58. The molecule has 0 aliphatic rings. The van der Waals surface area contributed by atoms with Crippen LogP contribution >= 0.6 is 12.2 Å². The number of fused-ring (bicyclic) bond motifs is 1. The van der Waals surface area contributed by atoms with Crippen molar-refractivity contribution in [1.82, 2.24) is 9.55 Å². The lowest BCUT2D eigenvalue weighted by atomic mass is 10.3. The minimum absolute atomic E-state index is 0.127. The highest BCUT2D eigenvalue weighted by atomic mass is 32.1. The van der Waals surface area contributed by atoms with Gasteiger partial charge in [-0.05, 0) is 30.4 Å². The molecule has 0 unspecified atom stereocenters. The number of hydrogen-bond acceptors (Lipinski definition) is 2. The van der Waals surface area contributed by atoms with Crippen LogP contribution in [0.1, 0.15) is 0 Å². The number of hydrogen-bond donors (Lipinski definition) is 1. The maximum atomic E-state index is 13.0. The lowest BCUT2D eigenvalue weighted by Gasteiger charge is -2.08. The summed E-state index contributed by atoms with van der Waals surface area (Å²) in [6.45, 7) is -1.25. The van der Waals surface area contributed by atoms with E-state index in [1.807, 2.05) is 0 Å². The fraction of sp³-hybridized carbons (Fsp3) is 0.364. The highest BCUT2D eigenvalue weighted by Gasteiger charge is 2.27. The Morgan fingerprint density at radius 3 is 2.74 bits per heavy atom. The quantitative estimate of drug-likeness (QED) is 0.532. The van der Waals surface area contributed by atoms with Gasteiger partial charge < -0.3 is 14.3 Å². The van der Waals surface area contributed by atoms with Crippen LogP contribution in [0.15, 0.2) is 18.2 Å². The van der Waals surface area contributed by atoms with Crippen LogP contribution < -0.4 is 0 Å². The summed E-state index contributed by atoms with van der Waals surface area (Å²) in [4.78, 5) is 2.79. The topological polar surface area (TPSA) is 29.9 Å². The van der Waals surface area contributed by atoms with Gasteiger partial charge in [-0.25, -0.2) is 4.39 Å². The number of benzene rings is 1. The lowest BCUT2D eigenvalue weighted by Crippen LogP contribution is -2.19. The molecule has 8 heteroatoms. The summed E-state index contributed by atoms with van der Waals surface area (Å²) in [6, 6.07) is 4.05. The standard InChI is InChI=1S/C11H10F4N2OS/c12-7-1-2-9-8(5-7)16-10(19)17(9)3-4-18-6-11(13,14)15/h1-2,5H,3-4,6H2,(H,16,19). The van der Waals surface area contributed by atoms with Crippen LogP contribution in [0.25, 0.3) is 11.0 Å². The molecule has 0 radical (unpaired) electrons. The van der Waals surface area contributed by atoms with E-state index in [0.29, 0.717) is 15.8 Å². The van der Waals surface area contributed by atoms with Gasteiger partial charge in [0.1, 0.15) is 12.4 Å². The summed E-state index contributed by atoms with van der Waals surface area (Å²) in [6.07, 6.45) is -4.34. The van der Waals surface area contributed by atoms with Crippen molar-refractivity contribution in [3.63, 3.8) is 0 Å². The van der Waals surface area contributed by atoms with E-state index in [0.717, 1.165) is 0 Å². The van der Waals surface area contributed by atoms with Gasteiger partial charge >= 0.3 is 6.18 Å². The number of nitrogens with one attached hydrogen (secondary N) is 1. The molecular formula is C11H10F4N2OS. The Kier molecular flexibility index (Phi) is 3.91. The number of H-pyrrole nitrogens is 1. The number of nitrogens with zero attached hydrogens (tertiary/aromatic N) is 1. The van der Waals surface area contributed by atoms with E-state index in [4.69, 9.17) is 12.2 Å². The van der Waals surface area contributed by atoms with Crippen LogP contribution in [0, 0.1) is 10.6 Å². The second-order valence-electron chi connectivity index (χ2n) is 3.91. The first kappa shape index (κ1) is 14.0. The molecule has 0 fully saturated rings. The molecule has 1 heterocycles. The summed E-state index contributed by atoms with van der Waals surface area (Å²) >= 11 is 5.03. The number of alkyl halides is 3. The third kappa shape index (κ3) is 3.54. The Morgan fingerprint density at radius 2 is 2.05 bits per heavy atom. The number of rotatable bonds is 4. The van der Waals surface area contributed by atoms with Crippen LogP contribution in [0.3, 0.4) is 0 Å². The Balaban J connectivity index is 2.09. The second-order valence-corrected chi connectivity index (χ2v) is 4.30. The third-order valence-electron chi connectivity index (χ3n) is 2.46. The maximum absolute atomic E-state index is 13.0. The van der Waals surface area contributed by atoms with Crippen molar-refractivity contribution < 1.29 is 22.3 Å². The van der Waals surface area contributed by atoms with Crippen molar-refractivity contribution in [2.45, 2.75) is 12.7 Å². The fourth-order valence-electron chi connectivity index (χ4n) is 1.70. The van der Waals surface area contributed by atoms with Crippen LogP contribution in [0.2, 0.25) is 0 Å². The molecule has 0 aliphatic heterocycles. The number of ether oxygens (including phenoxy) is 1. The minimum atomic E-state index is -4.34. The van der Waals surface area contributed by atoms with Gasteiger partial charge in [-0.3, -0.25) is 0 Å². The Bertz CT molecular complexity index is 632. The largest absolute Gasteiger partial charge is 0.411 e. The summed E-state index contributed by atoms with van der Waals surface area (Å²) in [5.74, 6) is -0.413. The smallest absolute Gasteiger partial charge is 0.370 e. The highest BCUT2D eigenvalue weighted by Crippen LogP contribution is 2.16. The SMILES string of the molecule is Fc1ccc2c(c1)[nH]c(=S)n2CCOCC(F)(F)F. The van der Waals surface area contributed by atoms with Gasteiger partial charge in [-0.1, -0.05) is 0 Å². The summed E-state index contributed by atoms with van der Waals surface area (Å²) in [5, 5.41) is 0. The van der Waals surface area contributed by atoms with Crippen LogP contribution in [0.4, 0.5) is 17.6 Å². The lowest BCUT2D eigenvalue weighted by molar-refractivity contribution is -0.174. The summed E-state index contributed by atoms with van der Waals surface area (Å²) < 4.78 is 55.1. The van der Waals surface area contributed by atoms with E-state index in [1.165, 1.54) is 18.2 Å². The van der Waals surface area contributed by atoms with Gasteiger partial charge in [0.25, 0.3) is 0 Å². The van der Waals surface area contributed by atoms with Gasteiger partial charge in [0.2, 0.25) is 0 Å². The molecule has 0 amide bonds. The molecule has 19 heavy (non-hydrogen) atoms. The Morgan fingerprint density at radius 1 is 1.32 bits per heavy atom. The van der Waals surface area contributed by atoms with Crippen molar-refractivity contribution in [2.24, 2.45) is 0 Å². The van der Waals surface area contributed by atoms with Gasteiger partial charge in [-0.15, -0.1) is 0 Å². The number of aromatic nitrogens is 2. The molecule has 0 saturated heterocycles. The molecule has 0 spiro atoms.